The summed E-state index contributed by atoms with van der Waals surface area (Å²) in [5.41, 5.74) is 7.81. The highest BCUT2D eigenvalue weighted by Gasteiger charge is 2.02. The number of nitrogens with zero attached hydrogens (tertiary/aromatic N) is 2. The van der Waals surface area contributed by atoms with Crippen LogP contribution in [0.2, 0.25) is 0 Å². The summed E-state index contributed by atoms with van der Waals surface area (Å²) in [7, 11) is 0. The molecule has 2 N–H and O–H groups in total. The summed E-state index contributed by atoms with van der Waals surface area (Å²) in [6.45, 7) is 4.18. The van der Waals surface area contributed by atoms with Crippen LogP contribution in [0.15, 0.2) is 6.33 Å². The van der Waals surface area contributed by atoms with Gasteiger partial charge in [-0.15, -0.1) is 0 Å². The molecule has 1 aromatic rings. The minimum atomic E-state index is 0.612. The lowest BCUT2D eigenvalue weighted by Gasteiger charge is -2.05. The Morgan fingerprint density at radius 2 is 2.08 bits per heavy atom. The first-order valence-corrected chi connectivity index (χ1v) is 4.81. The SMILES string of the molecule is CCCCCc1ncnc(N)c1C. The Bertz CT molecular complexity index is 271. The number of rotatable bonds is 4. The Morgan fingerprint density at radius 3 is 2.77 bits per heavy atom. The van der Waals surface area contributed by atoms with E-state index in [1.54, 1.807) is 6.33 Å². The highest BCUT2D eigenvalue weighted by atomic mass is 14.9. The third kappa shape index (κ3) is 2.68. The highest BCUT2D eigenvalue weighted by molar-refractivity contribution is 5.39. The van der Waals surface area contributed by atoms with E-state index in [2.05, 4.69) is 16.9 Å². The molecule has 0 aliphatic carbocycles. The maximum Gasteiger partial charge on any atom is 0.129 e. The molecule has 0 radical (unpaired) electrons. The Morgan fingerprint density at radius 1 is 1.31 bits per heavy atom. The molecule has 0 bridgehead atoms. The van der Waals surface area contributed by atoms with Gasteiger partial charge in [0.2, 0.25) is 0 Å². The molecule has 0 atom stereocenters. The summed E-state index contributed by atoms with van der Waals surface area (Å²) >= 11 is 0. The molecule has 0 spiro atoms. The van der Waals surface area contributed by atoms with Crippen molar-refractivity contribution in [3.8, 4) is 0 Å². The molecule has 1 rings (SSSR count). The van der Waals surface area contributed by atoms with Gasteiger partial charge in [0.15, 0.2) is 0 Å². The molecule has 1 aromatic heterocycles. The van der Waals surface area contributed by atoms with Crippen LogP contribution in [0, 0.1) is 6.92 Å². The molecule has 72 valence electrons. The van der Waals surface area contributed by atoms with Gasteiger partial charge >= 0.3 is 0 Å². The zero-order valence-corrected chi connectivity index (χ0v) is 8.38. The third-order valence-electron chi connectivity index (χ3n) is 2.24. The monoisotopic (exact) mass is 179 g/mol. The smallest absolute Gasteiger partial charge is 0.129 e. The molecular formula is C10H17N3. The van der Waals surface area contributed by atoms with Crippen LogP contribution in [0.1, 0.15) is 37.4 Å². The summed E-state index contributed by atoms with van der Waals surface area (Å²) in [6.07, 6.45) is 6.24. The van der Waals surface area contributed by atoms with Crippen molar-refractivity contribution in [3.63, 3.8) is 0 Å². The summed E-state index contributed by atoms with van der Waals surface area (Å²) in [6, 6.07) is 0. The molecule has 0 aliphatic heterocycles. The maximum absolute atomic E-state index is 5.67. The highest BCUT2D eigenvalue weighted by Crippen LogP contribution is 2.12. The van der Waals surface area contributed by atoms with Crippen molar-refractivity contribution >= 4 is 5.82 Å². The first-order chi connectivity index (χ1) is 6.25. The summed E-state index contributed by atoms with van der Waals surface area (Å²) in [5.74, 6) is 0.612. The number of aromatic nitrogens is 2. The molecule has 0 fully saturated rings. The zero-order valence-electron chi connectivity index (χ0n) is 8.38. The lowest BCUT2D eigenvalue weighted by atomic mass is 10.1. The molecule has 3 heteroatoms. The van der Waals surface area contributed by atoms with Crippen molar-refractivity contribution in [1.82, 2.24) is 9.97 Å². The quantitative estimate of drug-likeness (QED) is 0.720. The van der Waals surface area contributed by atoms with Gasteiger partial charge in [-0.25, -0.2) is 9.97 Å². The second-order valence-electron chi connectivity index (χ2n) is 3.29. The fraction of sp³-hybridized carbons (Fsp3) is 0.600. The topological polar surface area (TPSA) is 51.8 Å². The van der Waals surface area contributed by atoms with E-state index in [4.69, 9.17) is 5.73 Å². The Balaban J connectivity index is 2.61. The van der Waals surface area contributed by atoms with Crippen molar-refractivity contribution in [2.45, 2.75) is 39.5 Å². The van der Waals surface area contributed by atoms with E-state index in [9.17, 15) is 0 Å². The molecule has 3 nitrogen and oxygen atoms in total. The largest absolute Gasteiger partial charge is 0.383 e. The lowest BCUT2D eigenvalue weighted by Crippen LogP contribution is -2.01. The number of hydrogen-bond acceptors (Lipinski definition) is 3. The van der Waals surface area contributed by atoms with Crippen LogP contribution in [0.5, 0.6) is 0 Å². The van der Waals surface area contributed by atoms with E-state index in [1.165, 1.54) is 19.3 Å². The average molecular weight is 179 g/mol. The minimum absolute atomic E-state index is 0.612. The van der Waals surface area contributed by atoms with Gasteiger partial charge in [-0.1, -0.05) is 19.8 Å². The predicted molar refractivity (Wildman–Crippen MR) is 54.4 cm³/mol. The van der Waals surface area contributed by atoms with Crippen molar-refractivity contribution in [2.24, 2.45) is 0 Å². The predicted octanol–water partition coefficient (Wildman–Crippen LogP) is 2.10. The Hall–Kier alpha value is -1.12. The first kappa shape index (κ1) is 9.96. The van der Waals surface area contributed by atoms with Gasteiger partial charge in [-0.05, 0) is 19.8 Å². The molecule has 0 aromatic carbocycles. The summed E-state index contributed by atoms with van der Waals surface area (Å²) in [4.78, 5) is 8.15. The average Bonchev–Trinajstić information content (AvgIpc) is 2.13. The Kier molecular flexibility index (Phi) is 3.68. The zero-order chi connectivity index (χ0) is 9.68. The van der Waals surface area contributed by atoms with Gasteiger partial charge in [0.25, 0.3) is 0 Å². The molecular weight excluding hydrogens is 162 g/mol. The summed E-state index contributed by atoms with van der Waals surface area (Å²) in [5, 5.41) is 0. The van der Waals surface area contributed by atoms with Crippen LogP contribution in [-0.4, -0.2) is 9.97 Å². The second kappa shape index (κ2) is 4.80. The minimum Gasteiger partial charge on any atom is -0.383 e. The van der Waals surface area contributed by atoms with Crippen molar-refractivity contribution < 1.29 is 0 Å². The molecule has 0 aliphatic rings. The molecule has 0 saturated carbocycles. The maximum atomic E-state index is 5.67. The molecule has 0 saturated heterocycles. The van der Waals surface area contributed by atoms with Gasteiger partial charge in [0.1, 0.15) is 12.1 Å². The number of anilines is 1. The van der Waals surface area contributed by atoms with Crippen molar-refractivity contribution in [2.75, 3.05) is 5.73 Å². The van der Waals surface area contributed by atoms with Gasteiger partial charge in [0, 0.05) is 11.3 Å². The van der Waals surface area contributed by atoms with Crippen LogP contribution in [-0.2, 0) is 6.42 Å². The molecule has 1 heterocycles. The van der Waals surface area contributed by atoms with Gasteiger partial charge in [0.05, 0.1) is 0 Å². The summed E-state index contributed by atoms with van der Waals surface area (Å²) < 4.78 is 0. The number of hydrogen-bond donors (Lipinski definition) is 1. The number of aryl methyl sites for hydroxylation is 1. The number of nitrogens with two attached hydrogens (primary N) is 1. The first-order valence-electron chi connectivity index (χ1n) is 4.81. The fourth-order valence-corrected chi connectivity index (χ4v) is 1.30. The van der Waals surface area contributed by atoms with Gasteiger partial charge in [-0.3, -0.25) is 0 Å². The van der Waals surface area contributed by atoms with E-state index < -0.39 is 0 Å². The second-order valence-corrected chi connectivity index (χ2v) is 3.29. The molecule has 13 heavy (non-hydrogen) atoms. The van der Waals surface area contributed by atoms with Crippen LogP contribution in [0.3, 0.4) is 0 Å². The van der Waals surface area contributed by atoms with E-state index in [1.807, 2.05) is 6.92 Å². The van der Waals surface area contributed by atoms with Crippen LogP contribution in [0.25, 0.3) is 0 Å². The third-order valence-corrected chi connectivity index (χ3v) is 2.24. The van der Waals surface area contributed by atoms with Crippen molar-refractivity contribution in [3.05, 3.63) is 17.6 Å². The molecule has 0 amide bonds. The fourth-order valence-electron chi connectivity index (χ4n) is 1.30. The Labute approximate surface area is 79.4 Å². The lowest BCUT2D eigenvalue weighted by molar-refractivity contribution is 0.703. The standard InChI is InChI=1S/C10H17N3/c1-3-4-5-6-9-8(2)10(11)13-7-12-9/h7H,3-6H2,1-2H3,(H2,11,12,13). The van der Waals surface area contributed by atoms with E-state index in [0.29, 0.717) is 5.82 Å². The van der Waals surface area contributed by atoms with E-state index in [0.717, 1.165) is 17.7 Å². The van der Waals surface area contributed by atoms with E-state index >= 15 is 0 Å². The number of nitrogen functional groups attached to an aromatic ring is 1. The molecule has 0 unspecified atom stereocenters. The van der Waals surface area contributed by atoms with E-state index in [-0.39, 0.29) is 0 Å². The van der Waals surface area contributed by atoms with Crippen LogP contribution >= 0.6 is 0 Å². The van der Waals surface area contributed by atoms with Gasteiger partial charge < -0.3 is 5.73 Å². The van der Waals surface area contributed by atoms with Crippen LogP contribution < -0.4 is 5.73 Å². The normalized spacial score (nSPS) is 10.3. The van der Waals surface area contributed by atoms with Crippen LogP contribution in [0.4, 0.5) is 5.82 Å². The number of unbranched alkanes of at least 4 members (excludes halogenated alkanes) is 2. The van der Waals surface area contributed by atoms with Crippen molar-refractivity contribution in [1.29, 1.82) is 0 Å². The van der Waals surface area contributed by atoms with Gasteiger partial charge in [-0.2, -0.15) is 0 Å².